The van der Waals surface area contributed by atoms with Gasteiger partial charge in [0.2, 0.25) is 5.91 Å². The van der Waals surface area contributed by atoms with Crippen LogP contribution in [-0.4, -0.2) is 23.0 Å². The summed E-state index contributed by atoms with van der Waals surface area (Å²) < 4.78 is 5.97. The number of carbonyl (C=O) groups is 1. The van der Waals surface area contributed by atoms with Crippen LogP contribution in [0.3, 0.4) is 0 Å². The number of carbonyl (C=O) groups excluding carboxylic acids is 1. The smallest absolute Gasteiger partial charge is 0.229 e. The Balaban J connectivity index is 2.11. The molecule has 0 unspecified atom stereocenters. The first-order chi connectivity index (χ1) is 9.03. The average Bonchev–Trinajstić information content (AvgIpc) is 2.87. The third-order valence-corrected chi connectivity index (χ3v) is 4.31. The van der Waals surface area contributed by atoms with Gasteiger partial charge in [-0.1, -0.05) is 43.2 Å². The molecule has 0 aromatic heterocycles. The summed E-state index contributed by atoms with van der Waals surface area (Å²) in [7, 11) is 0. The summed E-state index contributed by atoms with van der Waals surface area (Å²) in [6.45, 7) is 4.27. The molecular weight excluding hydrogens is 238 g/mol. The third kappa shape index (κ3) is 1.47. The second-order valence-corrected chi connectivity index (χ2v) is 5.59. The first-order valence-electron chi connectivity index (χ1n) is 6.55. The van der Waals surface area contributed by atoms with Crippen molar-refractivity contribution in [3.05, 3.63) is 35.9 Å². The lowest BCUT2D eigenvalue weighted by Gasteiger charge is -2.36. The SMILES string of the molecule is C#C[C@]12CO[C@](C)(c3ccccc3)N1C(=O)[C@@H](C)C2. The van der Waals surface area contributed by atoms with Gasteiger partial charge in [0, 0.05) is 11.5 Å². The van der Waals surface area contributed by atoms with E-state index in [0.717, 1.165) is 5.56 Å². The largest absolute Gasteiger partial charge is 0.348 e. The Kier molecular flexibility index (Phi) is 2.48. The Hall–Kier alpha value is -1.79. The van der Waals surface area contributed by atoms with Gasteiger partial charge in [-0.3, -0.25) is 9.69 Å². The van der Waals surface area contributed by atoms with Crippen LogP contribution in [0.2, 0.25) is 0 Å². The van der Waals surface area contributed by atoms with E-state index in [9.17, 15) is 4.79 Å². The predicted molar refractivity (Wildman–Crippen MR) is 71.9 cm³/mol. The van der Waals surface area contributed by atoms with Gasteiger partial charge in [-0.2, -0.15) is 0 Å². The average molecular weight is 255 g/mol. The van der Waals surface area contributed by atoms with Gasteiger partial charge in [0.1, 0.15) is 5.54 Å². The second-order valence-electron chi connectivity index (χ2n) is 5.59. The summed E-state index contributed by atoms with van der Waals surface area (Å²) in [4.78, 5) is 14.3. The van der Waals surface area contributed by atoms with E-state index in [-0.39, 0.29) is 11.8 Å². The number of benzene rings is 1. The lowest BCUT2D eigenvalue weighted by Crippen LogP contribution is -2.49. The topological polar surface area (TPSA) is 29.5 Å². The molecule has 3 rings (SSSR count). The van der Waals surface area contributed by atoms with E-state index in [1.165, 1.54) is 0 Å². The van der Waals surface area contributed by atoms with Gasteiger partial charge in [-0.15, -0.1) is 6.42 Å². The Morgan fingerprint density at radius 3 is 2.74 bits per heavy atom. The molecule has 2 fully saturated rings. The minimum Gasteiger partial charge on any atom is -0.348 e. The van der Waals surface area contributed by atoms with Gasteiger partial charge < -0.3 is 4.74 Å². The van der Waals surface area contributed by atoms with E-state index in [4.69, 9.17) is 11.2 Å². The van der Waals surface area contributed by atoms with Crippen molar-refractivity contribution in [2.75, 3.05) is 6.61 Å². The lowest BCUT2D eigenvalue weighted by atomic mass is 9.94. The van der Waals surface area contributed by atoms with Crippen LogP contribution in [0.25, 0.3) is 0 Å². The van der Waals surface area contributed by atoms with E-state index >= 15 is 0 Å². The van der Waals surface area contributed by atoms with Crippen molar-refractivity contribution in [3.63, 3.8) is 0 Å². The summed E-state index contributed by atoms with van der Waals surface area (Å²) in [6.07, 6.45) is 6.38. The molecule has 2 aliphatic heterocycles. The summed E-state index contributed by atoms with van der Waals surface area (Å²) in [6, 6.07) is 9.80. The number of hydrogen-bond donors (Lipinski definition) is 0. The van der Waals surface area contributed by atoms with Gasteiger partial charge in [-0.25, -0.2) is 0 Å². The molecule has 0 N–H and O–H groups in total. The molecule has 0 saturated carbocycles. The molecule has 2 aliphatic rings. The van der Waals surface area contributed by atoms with Crippen LogP contribution < -0.4 is 0 Å². The maximum Gasteiger partial charge on any atom is 0.229 e. The number of rotatable bonds is 1. The zero-order valence-electron chi connectivity index (χ0n) is 11.2. The molecule has 0 bridgehead atoms. The molecule has 3 atom stereocenters. The maximum absolute atomic E-state index is 12.5. The molecule has 1 amide bonds. The van der Waals surface area contributed by atoms with E-state index in [0.29, 0.717) is 13.0 Å². The highest BCUT2D eigenvalue weighted by Gasteiger charge is 2.61. The molecule has 2 heterocycles. The van der Waals surface area contributed by atoms with Crippen molar-refractivity contribution >= 4 is 5.91 Å². The fourth-order valence-electron chi connectivity index (χ4n) is 3.31. The molecule has 1 aromatic carbocycles. The maximum atomic E-state index is 12.5. The van der Waals surface area contributed by atoms with Crippen LogP contribution in [0.15, 0.2) is 30.3 Å². The normalized spacial score (nSPS) is 37.2. The first kappa shape index (κ1) is 12.3. The van der Waals surface area contributed by atoms with Crippen LogP contribution in [-0.2, 0) is 15.3 Å². The van der Waals surface area contributed by atoms with Crippen molar-refractivity contribution in [1.82, 2.24) is 4.90 Å². The third-order valence-electron chi connectivity index (χ3n) is 4.31. The number of terminal acetylenes is 1. The summed E-state index contributed by atoms with van der Waals surface area (Å²) >= 11 is 0. The van der Waals surface area contributed by atoms with Crippen LogP contribution in [0.4, 0.5) is 0 Å². The number of ether oxygens (including phenoxy) is 1. The molecule has 0 aliphatic carbocycles. The van der Waals surface area contributed by atoms with E-state index in [2.05, 4.69) is 5.92 Å². The zero-order chi connectivity index (χ0) is 13.7. The summed E-state index contributed by atoms with van der Waals surface area (Å²) in [5, 5.41) is 0. The van der Waals surface area contributed by atoms with Crippen LogP contribution in [0.1, 0.15) is 25.8 Å². The first-order valence-corrected chi connectivity index (χ1v) is 6.55. The summed E-state index contributed by atoms with van der Waals surface area (Å²) in [5.74, 6) is 2.85. The molecule has 0 spiro atoms. The zero-order valence-corrected chi connectivity index (χ0v) is 11.2. The number of hydrogen-bond acceptors (Lipinski definition) is 2. The van der Waals surface area contributed by atoms with Gasteiger partial charge in [0.05, 0.1) is 6.61 Å². The van der Waals surface area contributed by atoms with Crippen LogP contribution >= 0.6 is 0 Å². The Morgan fingerprint density at radius 1 is 1.42 bits per heavy atom. The fraction of sp³-hybridized carbons (Fsp3) is 0.438. The minimum absolute atomic E-state index is 0.0389. The quantitative estimate of drug-likeness (QED) is 0.719. The van der Waals surface area contributed by atoms with Crippen molar-refractivity contribution in [2.45, 2.75) is 31.5 Å². The van der Waals surface area contributed by atoms with Gasteiger partial charge >= 0.3 is 0 Å². The monoisotopic (exact) mass is 255 g/mol. The molecule has 3 heteroatoms. The second kappa shape index (κ2) is 3.85. The van der Waals surface area contributed by atoms with Crippen molar-refractivity contribution in [2.24, 2.45) is 5.92 Å². The molecule has 19 heavy (non-hydrogen) atoms. The Morgan fingerprint density at radius 2 is 2.11 bits per heavy atom. The van der Waals surface area contributed by atoms with Gasteiger partial charge in [-0.05, 0) is 13.3 Å². The van der Waals surface area contributed by atoms with Crippen molar-refractivity contribution in [3.8, 4) is 12.3 Å². The van der Waals surface area contributed by atoms with Gasteiger partial charge in [0.15, 0.2) is 5.72 Å². The van der Waals surface area contributed by atoms with E-state index in [1.807, 2.05) is 44.2 Å². The van der Waals surface area contributed by atoms with E-state index in [1.54, 1.807) is 4.90 Å². The highest BCUT2D eigenvalue weighted by molar-refractivity contribution is 5.84. The number of fused-ring (bicyclic) bond motifs is 1. The minimum atomic E-state index is -0.754. The molecular formula is C16H17NO2. The lowest BCUT2D eigenvalue weighted by molar-refractivity contribution is -0.149. The Bertz CT molecular complexity index is 562. The molecule has 0 radical (unpaired) electrons. The molecule has 3 nitrogen and oxygen atoms in total. The molecule has 98 valence electrons. The molecule has 1 aromatic rings. The fourth-order valence-corrected chi connectivity index (χ4v) is 3.31. The van der Waals surface area contributed by atoms with E-state index < -0.39 is 11.3 Å². The molecule has 2 saturated heterocycles. The van der Waals surface area contributed by atoms with Gasteiger partial charge in [0.25, 0.3) is 0 Å². The number of nitrogens with zero attached hydrogens (tertiary/aromatic N) is 1. The van der Waals surface area contributed by atoms with Crippen LogP contribution in [0.5, 0.6) is 0 Å². The Labute approximate surface area is 113 Å². The van der Waals surface area contributed by atoms with Crippen molar-refractivity contribution in [1.29, 1.82) is 0 Å². The van der Waals surface area contributed by atoms with Crippen molar-refractivity contribution < 1.29 is 9.53 Å². The number of amides is 1. The predicted octanol–water partition coefficient (Wildman–Crippen LogP) is 2.13. The highest BCUT2D eigenvalue weighted by atomic mass is 16.5. The standard InChI is InChI=1S/C16H17NO2/c1-4-16-10-12(2)14(18)17(16)15(3,19-11-16)13-8-6-5-7-9-13/h1,5-9,12H,10-11H2,2-3H3/t12-,15+,16-/m0/s1. The highest BCUT2D eigenvalue weighted by Crippen LogP contribution is 2.49. The summed E-state index contributed by atoms with van der Waals surface area (Å²) in [5.41, 5.74) is -0.370. The van der Waals surface area contributed by atoms with Crippen LogP contribution in [0, 0.1) is 18.3 Å².